The average molecular weight is 353 g/mol. The number of hydrogen-bond donors (Lipinski definition) is 0. The number of likely N-dealkylation sites (tertiary alicyclic amines) is 1. The molecular formula is C19H23N5O2. The van der Waals surface area contributed by atoms with E-state index in [-0.39, 0.29) is 12.0 Å². The summed E-state index contributed by atoms with van der Waals surface area (Å²) in [7, 11) is 0. The minimum atomic E-state index is -0.0884. The van der Waals surface area contributed by atoms with Gasteiger partial charge in [0.25, 0.3) is 5.91 Å². The van der Waals surface area contributed by atoms with Crippen LogP contribution in [-0.4, -0.2) is 58.0 Å². The Kier molecular flexibility index (Phi) is 4.69. The third kappa shape index (κ3) is 3.47. The molecular weight excluding hydrogens is 330 g/mol. The molecule has 0 aliphatic carbocycles. The zero-order chi connectivity index (χ0) is 17.9. The zero-order valence-corrected chi connectivity index (χ0v) is 15.0. The Balaban J connectivity index is 1.42. The molecule has 0 unspecified atom stereocenters. The molecule has 2 aliphatic rings. The van der Waals surface area contributed by atoms with Crippen LogP contribution in [-0.2, 0) is 0 Å². The van der Waals surface area contributed by atoms with Crippen LogP contribution in [0, 0.1) is 6.92 Å². The highest BCUT2D eigenvalue weighted by Gasteiger charge is 2.30. The van der Waals surface area contributed by atoms with Crippen molar-refractivity contribution >= 4 is 11.7 Å². The van der Waals surface area contributed by atoms with E-state index in [9.17, 15) is 4.79 Å². The van der Waals surface area contributed by atoms with Gasteiger partial charge in [0.15, 0.2) is 11.6 Å². The quantitative estimate of drug-likeness (QED) is 0.838. The summed E-state index contributed by atoms with van der Waals surface area (Å²) in [6.45, 7) is 5.12. The van der Waals surface area contributed by atoms with Gasteiger partial charge in [0, 0.05) is 38.4 Å². The highest BCUT2D eigenvalue weighted by molar-refractivity contribution is 5.92. The second-order valence-corrected chi connectivity index (χ2v) is 6.84. The predicted octanol–water partition coefficient (Wildman–Crippen LogP) is 2.07. The summed E-state index contributed by atoms with van der Waals surface area (Å²) in [5, 5.41) is 0. The van der Waals surface area contributed by atoms with Crippen LogP contribution in [0.5, 0.6) is 5.75 Å². The number of hydrogen-bond acceptors (Lipinski definition) is 6. The SMILES string of the molecule is Cc1cnc(C(=O)N2CC[C@H](Oc3cccnc3N3CCCC3)C2)cn1. The molecule has 2 aromatic heterocycles. The van der Waals surface area contributed by atoms with Crippen molar-refractivity contribution in [1.82, 2.24) is 19.9 Å². The van der Waals surface area contributed by atoms with Gasteiger partial charge in [0.2, 0.25) is 0 Å². The molecule has 26 heavy (non-hydrogen) atoms. The number of ether oxygens (including phenoxy) is 1. The number of anilines is 1. The Hall–Kier alpha value is -2.70. The van der Waals surface area contributed by atoms with E-state index >= 15 is 0 Å². The third-order valence-electron chi connectivity index (χ3n) is 4.88. The summed E-state index contributed by atoms with van der Waals surface area (Å²) >= 11 is 0. The van der Waals surface area contributed by atoms with Crippen LogP contribution in [0.2, 0.25) is 0 Å². The summed E-state index contributed by atoms with van der Waals surface area (Å²) in [6.07, 6.45) is 8.13. The largest absolute Gasteiger partial charge is 0.485 e. The molecule has 0 bridgehead atoms. The first-order valence-electron chi connectivity index (χ1n) is 9.15. The molecule has 2 fully saturated rings. The second-order valence-electron chi connectivity index (χ2n) is 6.84. The maximum atomic E-state index is 12.6. The van der Waals surface area contributed by atoms with Crippen LogP contribution < -0.4 is 9.64 Å². The van der Waals surface area contributed by atoms with Gasteiger partial charge in [-0.1, -0.05) is 0 Å². The molecule has 136 valence electrons. The number of aryl methyl sites for hydroxylation is 1. The molecule has 4 rings (SSSR count). The third-order valence-corrected chi connectivity index (χ3v) is 4.88. The zero-order valence-electron chi connectivity index (χ0n) is 15.0. The van der Waals surface area contributed by atoms with Crippen LogP contribution >= 0.6 is 0 Å². The van der Waals surface area contributed by atoms with Crippen molar-refractivity contribution in [2.75, 3.05) is 31.1 Å². The molecule has 7 heteroatoms. The molecule has 1 atom stereocenters. The van der Waals surface area contributed by atoms with Crippen molar-refractivity contribution in [3.05, 3.63) is 42.1 Å². The summed E-state index contributed by atoms with van der Waals surface area (Å²) in [5.74, 6) is 1.64. The molecule has 4 heterocycles. The Morgan fingerprint density at radius 2 is 2.00 bits per heavy atom. The van der Waals surface area contributed by atoms with E-state index in [0.717, 1.165) is 36.8 Å². The molecule has 0 radical (unpaired) electrons. The molecule has 0 saturated carbocycles. The Morgan fingerprint density at radius 1 is 1.15 bits per heavy atom. The fourth-order valence-electron chi connectivity index (χ4n) is 3.49. The minimum Gasteiger partial charge on any atom is -0.485 e. The summed E-state index contributed by atoms with van der Waals surface area (Å²) in [5.41, 5.74) is 1.19. The molecule has 2 aliphatic heterocycles. The summed E-state index contributed by atoms with van der Waals surface area (Å²) < 4.78 is 6.22. The number of nitrogens with zero attached hydrogens (tertiary/aromatic N) is 5. The highest BCUT2D eigenvalue weighted by Crippen LogP contribution is 2.30. The maximum Gasteiger partial charge on any atom is 0.274 e. The highest BCUT2D eigenvalue weighted by atomic mass is 16.5. The van der Waals surface area contributed by atoms with Crippen LogP contribution in [0.3, 0.4) is 0 Å². The van der Waals surface area contributed by atoms with Gasteiger partial charge in [0.05, 0.1) is 18.4 Å². The smallest absolute Gasteiger partial charge is 0.274 e. The minimum absolute atomic E-state index is 0.0251. The molecule has 0 aromatic carbocycles. The van der Waals surface area contributed by atoms with Gasteiger partial charge < -0.3 is 14.5 Å². The van der Waals surface area contributed by atoms with E-state index in [4.69, 9.17) is 4.74 Å². The first-order chi connectivity index (χ1) is 12.7. The van der Waals surface area contributed by atoms with Crippen molar-refractivity contribution in [3.63, 3.8) is 0 Å². The molecule has 2 aromatic rings. The number of carbonyl (C=O) groups is 1. The van der Waals surface area contributed by atoms with Crippen molar-refractivity contribution in [1.29, 1.82) is 0 Å². The van der Waals surface area contributed by atoms with E-state index in [0.29, 0.717) is 18.8 Å². The first-order valence-corrected chi connectivity index (χ1v) is 9.15. The molecule has 0 N–H and O–H groups in total. The molecule has 2 saturated heterocycles. The average Bonchev–Trinajstić information content (AvgIpc) is 3.34. The van der Waals surface area contributed by atoms with Crippen molar-refractivity contribution in [3.8, 4) is 5.75 Å². The van der Waals surface area contributed by atoms with E-state index in [1.807, 2.05) is 19.1 Å². The van der Waals surface area contributed by atoms with E-state index in [2.05, 4.69) is 19.9 Å². The van der Waals surface area contributed by atoms with E-state index in [1.54, 1.807) is 23.5 Å². The normalized spacial score (nSPS) is 19.8. The molecule has 0 spiro atoms. The van der Waals surface area contributed by atoms with Gasteiger partial charge in [-0.3, -0.25) is 9.78 Å². The van der Waals surface area contributed by atoms with Gasteiger partial charge in [-0.15, -0.1) is 0 Å². The van der Waals surface area contributed by atoms with Crippen LogP contribution in [0.1, 0.15) is 35.4 Å². The van der Waals surface area contributed by atoms with Gasteiger partial charge in [0.1, 0.15) is 11.8 Å². The number of amides is 1. The lowest BCUT2D eigenvalue weighted by Gasteiger charge is -2.22. The fraction of sp³-hybridized carbons (Fsp3) is 0.474. The predicted molar refractivity (Wildman–Crippen MR) is 97.4 cm³/mol. The van der Waals surface area contributed by atoms with Crippen molar-refractivity contribution in [2.24, 2.45) is 0 Å². The lowest BCUT2D eigenvalue weighted by molar-refractivity contribution is 0.0766. The second kappa shape index (κ2) is 7.27. The monoisotopic (exact) mass is 353 g/mol. The van der Waals surface area contributed by atoms with Gasteiger partial charge in [-0.25, -0.2) is 9.97 Å². The topological polar surface area (TPSA) is 71.5 Å². The van der Waals surface area contributed by atoms with Gasteiger partial charge in [-0.2, -0.15) is 0 Å². The number of pyridine rings is 1. The van der Waals surface area contributed by atoms with Crippen LogP contribution in [0.4, 0.5) is 5.82 Å². The summed E-state index contributed by atoms with van der Waals surface area (Å²) in [4.78, 5) is 29.5. The Labute approximate surface area is 153 Å². The number of rotatable bonds is 4. The lowest BCUT2D eigenvalue weighted by Crippen LogP contribution is -2.32. The van der Waals surface area contributed by atoms with Gasteiger partial charge in [-0.05, 0) is 31.9 Å². The van der Waals surface area contributed by atoms with E-state index in [1.165, 1.54) is 12.8 Å². The summed E-state index contributed by atoms with van der Waals surface area (Å²) in [6, 6.07) is 3.87. The maximum absolute atomic E-state index is 12.6. The Bertz CT molecular complexity index is 774. The standard InChI is InChI=1S/C19H23N5O2/c1-14-11-22-16(12-21-14)19(25)24-10-6-15(13-24)26-17-5-4-7-20-18(17)23-8-2-3-9-23/h4-5,7,11-12,15H,2-3,6,8-10,13H2,1H3/t15-/m0/s1. The van der Waals surface area contributed by atoms with Gasteiger partial charge >= 0.3 is 0 Å². The van der Waals surface area contributed by atoms with Crippen LogP contribution in [0.25, 0.3) is 0 Å². The van der Waals surface area contributed by atoms with E-state index < -0.39 is 0 Å². The molecule has 7 nitrogen and oxygen atoms in total. The van der Waals surface area contributed by atoms with Crippen molar-refractivity contribution in [2.45, 2.75) is 32.3 Å². The Morgan fingerprint density at radius 3 is 2.77 bits per heavy atom. The molecule has 1 amide bonds. The lowest BCUT2D eigenvalue weighted by atomic mass is 10.3. The van der Waals surface area contributed by atoms with Crippen LogP contribution in [0.15, 0.2) is 30.7 Å². The number of carbonyl (C=O) groups excluding carboxylic acids is 1. The number of aromatic nitrogens is 3. The fourth-order valence-corrected chi connectivity index (χ4v) is 3.49. The van der Waals surface area contributed by atoms with Crippen molar-refractivity contribution < 1.29 is 9.53 Å². The first kappa shape index (κ1) is 16.8.